The van der Waals surface area contributed by atoms with E-state index in [-0.39, 0.29) is 36.3 Å². The lowest BCUT2D eigenvalue weighted by molar-refractivity contribution is -0.124. The van der Waals surface area contributed by atoms with Crippen LogP contribution in [0.4, 0.5) is 4.79 Å². The van der Waals surface area contributed by atoms with Crippen LogP contribution in [0.25, 0.3) is 0 Å². The first-order valence-corrected chi connectivity index (χ1v) is 6.11. The molecule has 0 aromatic heterocycles. The van der Waals surface area contributed by atoms with Crippen molar-refractivity contribution in [3.05, 3.63) is 0 Å². The fourth-order valence-electron chi connectivity index (χ4n) is 1.78. The van der Waals surface area contributed by atoms with Crippen molar-refractivity contribution in [1.82, 2.24) is 15.5 Å². The molecule has 106 valence electrons. The summed E-state index contributed by atoms with van der Waals surface area (Å²) in [7, 11) is 0. The third-order valence-electron chi connectivity index (χ3n) is 2.95. The van der Waals surface area contributed by atoms with Crippen molar-refractivity contribution in [3.63, 3.8) is 0 Å². The molecule has 1 heterocycles. The molecule has 1 fully saturated rings. The molecule has 0 radical (unpaired) electrons. The van der Waals surface area contributed by atoms with Crippen LogP contribution in [-0.4, -0.2) is 49.1 Å². The van der Waals surface area contributed by atoms with Gasteiger partial charge in [-0.25, -0.2) is 4.79 Å². The lowest BCUT2D eigenvalue weighted by Crippen LogP contribution is -2.44. The summed E-state index contributed by atoms with van der Waals surface area (Å²) in [5.74, 6) is -0.205. The number of carbonyl (C=O) groups is 2. The number of halogens is 1. The first-order chi connectivity index (χ1) is 8.08. The van der Waals surface area contributed by atoms with Gasteiger partial charge < -0.3 is 21.3 Å². The summed E-state index contributed by atoms with van der Waals surface area (Å²) in [4.78, 5) is 24.9. The lowest BCUT2D eigenvalue weighted by Gasteiger charge is -2.18. The Labute approximate surface area is 114 Å². The Morgan fingerprint density at radius 1 is 1.50 bits per heavy atom. The largest absolute Gasteiger partial charge is 0.351 e. The Morgan fingerprint density at radius 3 is 2.72 bits per heavy atom. The summed E-state index contributed by atoms with van der Waals surface area (Å²) >= 11 is 0. The molecule has 1 saturated heterocycles. The fraction of sp³-hybridized carbons (Fsp3) is 0.818. The molecule has 0 aromatic rings. The predicted octanol–water partition coefficient (Wildman–Crippen LogP) is -0.0770. The molecule has 0 bridgehead atoms. The Morgan fingerprint density at radius 2 is 2.17 bits per heavy atom. The summed E-state index contributed by atoms with van der Waals surface area (Å²) in [6.45, 7) is 5.92. The molecule has 6 nitrogen and oxygen atoms in total. The number of likely N-dealkylation sites (tertiary alicyclic amines) is 1. The molecule has 18 heavy (non-hydrogen) atoms. The van der Waals surface area contributed by atoms with E-state index in [4.69, 9.17) is 5.73 Å². The van der Waals surface area contributed by atoms with Gasteiger partial charge in [0.1, 0.15) is 0 Å². The maximum Gasteiger partial charge on any atom is 0.317 e. The van der Waals surface area contributed by atoms with Crippen LogP contribution in [0.3, 0.4) is 0 Å². The molecular weight excluding hydrogens is 256 g/mol. The second-order valence-electron chi connectivity index (χ2n) is 4.41. The SMILES string of the molecule is CCNC(=O)N1CCC(NC(=O)C(C)CN)C1.Cl. The standard InChI is InChI=1S/C11H22N4O2.ClH/c1-3-13-11(17)15-5-4-9(7-15)14-10(16)8(2)6-12;/h8-9H,3-7,12H2,1-2H3,(H,13,17)(H,14,16);1H. The number of nitrogens with two attached hydrogens (primary N) is 1. The normalized spacial score (nSPS) is 19.9. The fourth-order valence-corrected chi connectivity index (χ4v) is 1.78. The number of urea groups is 1. The van der Waals surface area contributed by atoms with E-state index in [0.29, 0.717) is 26.2 Å². The van der Waals surface area contributed by atoms with E-state index in [9.17, 15) is 9.59 Å². The summed E-state index contributed by atoms with van der Waals surface area (Å²) in [6.07, 6.45) is 0.806. The molecule has 0 spiro atoms. The van der Waals surface area contributed by atoms with Crippen LogP contribution >= 0.6 is 12.4 Å². The number of rotatable bonds is 4. The Kier molecular flexibility index (Phi) is 7.70. The predicted molar refractivity (Wildman–Crippen MR) is 72.7 cm³/mol. The van der Waals surface area contributed by atoms with Gasteiger partial charge in [-0.3, -0.25) is 4.79 Å². The number of hydrogen-bond donors (Lipinski definition) is 3. The molecule has 1 aliphatic heterocycles. The second-order valence-corrected chi connectivity index (χ2v) is 4.41. The highest BCUT2D eigenvalue weighted by Crippen LogP contribution is 2.09. The van der Waals surface area contributed by atoms with Gasteiger partial charge in [0.05, 0.1) is 0 Å². The first kappa shape index (κ1) is 17.0. The highest BCUT2D eigenvalue weighted by atomic mass is 35.5. The van der Waals surface area contributed by atoms with Gasteiger partial charge >= 0.3 is 6.03 Å². The number of nitrogens with zero attached hydrogens (tertiary/aromatic N) is 1. The zero-order chi connectivity index (χ0) is 12.8. The summed E-state index contributed by atoms with van der Waals surface area (Å²) in [6, 6.07) is -0.00442. The van der Waals surface area contributed by atoms with Crippen molar-refractivity contribution >= 4 is 24.3 Å². The quantitative estimate of drug-likeness (QED) is 0.672. The van der Waals surface area contributed by atoms with E-state index in [1.807, 2.05) is 6.92 Å². The van der Waals surface area contributed by atoms with Gasteiger partial charge in [-0.15, -0.1) is 12.4 Å². The highest BCUT2D eigenvalue weighted by molar-refractivity contribution is 5.85. The summed E-state index contributed by atoms with van der Waals surface area (Å²) in [5, 5.41) is 5.67. The molecule has 0 aliphatic carbocycles. The maximum absolute atomic E-state index is 11.6. The van der Waals surface area contributed by atoms with Gasteiger partial charge in [0.25, 0.3) is 0 Å². The maximum atomic E-state index is 11.6. The van der Waals surface area contributed by atoms with E-state index < -0.39 is 0 Å². The minimum atomic E-state index is -0.173. The third-order valence-corrected chi connectivity index (χ3v) is 2.95. The van der Waals surface area contributed by atoms with Crippen molar-refractivity contribution in [2.75, 3.05) is 26.2 Å². The monoisotopic (exact) mass is 278 g/mol. The smallest absolute Gasteiger partial charge is 0.317 e. The number of nitrogens with one attached hydrogen (secondary N) is 2. The molecule has 2 unspecified atom stereocenters. The third kappa shape index (κ3) is 4.70. The van der Waals surface area contributed by atoms with Gasteiger partial charge in [-0.2, -0.15) is 0 Å². The molecule has 3 amide bonds. The average molecular weight is 279 g/mol. The number of hydrogen-bond acceptors (Lipinski definition) is 3. The first-order valence-electron chi connectivity index (χ1n) is 6.11. The highest BCUT2D eigenvalue weighted by Gasteiger charge is 2.27. The molecule has 4 N–H and O–H groups in total. The minimum Gasteiger partial charge on any atom is -0.351 e. The van der Waals surface area contributed by atoms with Crippen molar-refractivity contribution in [2.24, 2.45) is 11.7 Å². The Balaban J connectivity index is 0.00000289. The van der Waals surface area contributed by atoms with Gasteiger partial charge in [-0.1, -0.05) is 6.92 Å². The van der Waals surface area contributed by atoms with E-state index in [0.717, 1.165) is 6.42 Å². The van der Waals surface area contributed by atoms with Crippen molar-refractivity contribution in [1.29, 1.82) is 0 Å². The van der Waals surface area contributed by atoms with Gasteiger partial charge in [0.15, 0.2) is 0 Å². The van der Waals surface area contributed by atoms with Crippen LogP contribution in [0.2, 0.25) is 0 Å². The average Bonchev–Trinajstić information content (AvgIpc) is 2.76. The topological polar surface area (TPSA) is 87.5 Å². The van der Waals surface area contributed by atoms with Crippen molar-refractivity contribution in [3.8, 4) is 0 Å². The minimum absolute atomic E-state index is 0. The molecule has 0 aromatic carbocycles. The zero-order valence-electron chi connectivity index (χ0n) is 10.9. The van der Waals surface area contributed by atoms with E-state index in [1.54, 1.807) is 11.8 Å². The van der Waals surface area contributed by atoms with E-state index in [1.165, 1.54) is 0 Å². The van der Waals surface area contributed by atoms with Crippen LogP contribution in [0.1, 0.15) is 20.3 Å². The van der Waals surface area contributed by atoms with Crippen LogP contribution in [-0.2, 0) is 4.79 Å². The van der Waals surface area contributed by atoms with Crippen LogP contribution in [0, 0.1) is 5.92 Å². The zero-order valence-corrected chi connectivity index (χ0v) is 11.8. The van der Waals surface area contributed by atoms with Gasteiger partial charge in [0, 0.05) is 38.1 Å². The van der Waals surface area contributed by atoms with Crippen LogP contribution < -0.4 is 16.4 Å². The molecule has 1 aliphatic rings. The molecule has 2 atom stereocenters. The summed E-state index contributed by atoms with van der Waals surface area (Å²) in [5.41, 5.74) is 5.43. The van der Waals surface area contributed by atoms with E-state index >= 15 is 0 Å². The second kappa shape index (κ2) is 8.16. The van der Waals surface area contributed by atoms with Gasteiger partial charge in [0.2, 0.25) is 5.91 Å². The molecular formula is C11H23ClN4O2. The summed E-state index contributed by atoms with van der Waals surface area (Å²) < 4.78 is 0. The van der Waals surface area contributed by atoms with Crippen LogP contribution in [0.5, 0.6) is 0 Å². The molecule has 1 rings (SSSR count). The van der Waals surface area contributed by atoms with E-state index in [2.05, 4.69) is 10.6 Å². The van der Waals surface area contributed by atoms with Crippen molar-refractivity contribution in [2.45, 2.75) is 26.3 Å². The van der Waals surface area contributed by atoms with Crippen LogP contribution in [0.15, 0.2) is 0 Å². The lowest BCUT2D eigenvalue weighted by atomic mass is 10.1. The molecule has 0 saturated carbocycles. The number of amides is 3. The Hall–Kier alpha value is -1.01. The molecule has 7 heteroatoms. The Bertz CT molecular complexity index is 288. The van der Waals surface area contributed by atoms with Gasteiger partial charge in [-0.05, 0) is 13.3 Å². The van der Waals surface area contributed by atoms with Crippen molar-refractivity contribution < 1.29 is 9.59 Å². The number of carbonyl (C=O) groups excluding carboxylic acids is 2.